The highest BCUT2D eigenvalue weighted by Gasteiger charge is 2.20. The fraction of sp³-hybridized carbons (Fsp3) is 0.556. The van der Waals surface area contributed by atoms with Crippen LogP contribution in [0.5, 0.6) is 11.5 Å². The van der Waals surface area contributed by atoms with E-state index in [1.165, 1.54) is 0 Å². The van der Waals surface area contributed by atoms with Gasteiger partial charge in [-0.25, -0.2) is 4.98 Å². The van der Waals surface area contributed by atoms with E-state index in [2.05, 4.69) is 14.8 Å². The number of hydrogen-bond acceptors (Lipinski definition) is 8. The van der Waals surface area contributed by atoms with Crippen molar-refractivity contribution in [1.82, 2.24) is 14.9 Å². The molecule has 26 heavy (non-hydrogen) atoms. The zero-order chi connectivity index (χ0) is 18.5. The number of aliphatic hydroxyl groups excluding tert-OH is 1. The number of rotatable bonds is 6. The summed E-state index contributed by atoms with van der Waals surface area (Å²) in [6.07, 6.45) is 1.82. The second-order valence-electron chi connectivity index (χ2n) is 6.37. The van der Waals surface area contributed by atoms with Gasteiger partial charge in [0.1, 0.15) is 11.3 Å². The van der Waals surface area contributed by atoms with Gasteiger partial charge in [-0.15, -0.1) is 0 Å². The molecule has 1 aliphatic rings. The lowest BCUT2D eigenvalue weighted by atomic mass is 10.2. The zero-order valence-electron chi connectivity index (χ0n) is 15.4. The summed E-state index contributed by atoms with van der Waals surface area (Å²) in [7, 11) is 3.20. The smallest absolute Gasteiger partial charge is 0.228 e. The van der Waals surface area contributed by atoms with Crippen LogP contribution in [-0.4, -0.2) is 73.5 Å². The van der Waals surface area contributed by atoms with Crippen molar-refractivity contribution in [2.75, 3.05) is 64.2 Å². The summed E-state index contributed by atoms with van der Waals surface area (Å²) in [6, 6.07) is 3.67. The van der Waals surface area contributed by atoms with Gasteiger partial charge in [0.15, 0.2) is 11.5 Å². The van der Waals surface area contributed by atoms with Crippen LogP contribution in [0.3, 0.4) is 0 Å². The van der Waals surface area contributed by atoms with E-state index in [9.17, 15) is 0 Å². The van der Waals surface area contributed by atoms with E-state index in [1.54, 1.807) is 14.2 Å². The number of benzene rings is 1. The molecule has 1 aliphatic heterocycles. The molecule has 142 valence electrons. The summed E-state index contributed by atoms with van der Waals surface area (Å²) < 4.78 is 10.9. The van der Waals surface area contributed by atoms with Crippen molar-refractivity contribution in [2.24, 2.45) is 0 Å². The van der Waals surface area contributed by atoms with Gasteiger partial charge in [-0.3, -0.25) is 0 Å². The molecule has 3 N–H and O–H groups in total. The van der Waals surface area contributed by atoms with Crippen LogP contribution in [0.1, 0.15) is 12.8 Å². The lowest BCUT2D eigenvalue weighted by Gasteiger charge is -2.22. The molecule has 0 spiro atoms. The lowest BCUT2D eigenvalue weighted by Crippen LogP contribution is -2.32. The first-order valence-corrected chi connectivity index (χ1v) is 8.94. The van der Waals surface area contributed by atoms with Crippen LogP contribution in [0.25, 0.3) is 10.9 Å². The van der Waals surface area contributed by atoms with E-state index in [-0.39, 0.29) is 6.61 Å². The van der Waals surface area contributed by atoms with E-state index in [0.29, 0.717) is 28.8 Å². The Morgan fingerprint density at radius 3 is 2.69 bits per heavy atom. The average molecular weight is 361 g/mol. The van der Waals surface area contributed by atoms with Gasteiger partial charge in [0.05, 0.1) is 14.2 Å². The molecular formula is C18H27N5O3. The van der Waals surface area contributed by atoms with Gasteiger partial charge in [-0.2, -0.15) is 4.98 Å². The highest BCUT2D eigenvalue weighted by atomic mass is 16.5. The van der Waals surface area contributed by atoms with Crippen molar-refractivity contribution < 1.29 is 14.6 Å². The Kier molecular flexibility index (Phi) is 5.95. The molecule has 0 amide bonds. The number of aromatic nitrogens is 2. The fourth-order valence-electron chi connectivity index (χ4n) is 3.35. The minimum atomic E-state index is 0.228. The van der Waals surface area contributed by atoms with E-state index < -0.39 is 0 Å². The van der Waals surface area contributed by atoms with Gasteiger partial charge >= 0.3 is 0 Å². The van der Waals surface area contributed by atoms with Gasteiger partial charge < -0.3 is 30.1 Å². The van der Waals surface area contributed by atoms with Crippen molar-refractivity contribution in [3.05, 3.63) is 12.1 Å². The van der Waals surface area contributed by atoms with E-state index in [4.69, 9.17) is 25.3 Å². The van der Waals surface area contributed by atoms with Gasteiger partial charge in [0.25, 0.3) is 0 Å². The number of nitrogens with zero attached hydrogens (tertiary/aromatic N) is 4. The van der Waals surface area contributed by atoms with Crippen LogP contribution in [0, 0.1) is 0 Å². The molecule has 3 rings (SSSR count). The summed E-state index contributed by atoms with van der Waals surface area (Å²) >= 11 is 0. The van der Waals surface area contributed by atoms with Crippen LogP contribution in [0.4, 0.5) is 11.8 Å². The molecule has 8 nitrogen and oxygen atoms in total. The molecule has 1 fully saturated rings. The number of aliphatic hydroxyl groups is 1. The molecule has 0 bridgehead atoms. The molecule has 0 atom stereocenters. The van der Waals surface area contributed by atoms with E-state index in [0.717, 1.165) is 51.0 Å². The second-order valence-corrected chi connectivity index (χ2v) is 6.37. The third kappa shape index (κ3) is 3.76. The third-order valence-corrected chi connectivity index (χ3v) is 4.73. The summed E-state index contributed by atoms with van der Waals surface area (Å²) in [5.74, 6) is 2.24. The third-order valence-electron chi connectivity index (χ3n) is 4.73. The number of nitrogens with two attached hydrogens (primary N) is 1. The molecular weight excluding hydrogens is 334 g/mol. The molecule has 1 saturated heterocycles. The SMILES string of the molecule is COc1ccc2c(N)nc(N3CCCN(CCCO)CC3)nc2c1OC. The largest absolute Gasteiger partial charge is 0.493 e. The van der Waals surface area contributed by atoms with E-state index >= 15 is 0 Å². The molecule has 1 aromatic carbocycles. The minimum Gasteiger partial charge on any atom is -0.493 e. The fourth-order valence-corrected chi connectivity index (χ4v) is 3.35. The normalized spacial score (nSPS) is 15.9. The molecule has 0 radical (unpaired) electrons. The zero-order valence-corrected chi connectivity index (χ0v) is 15.4. The first-order valence-electron chi connectivity index (χ1n) is 8.94. The Hall–Kier alpha value is -2.32. The number of fused-ring (bicyclic) bond motifs is 1. The van der Waals surface area contributed by atoms with Gasteiger partial charge in [0.2, 0.25) is 5.95 Å². The van der Waals surface area contributed by atoms with Gasteiger partial charge in [-0.05, 0) is 31.5 Å². The van der Waals surface area contributed by atoms with Gasteiger partial charge in [-0.1, -0.05) is 0 Å². The molecule has 2 aromatic rings. The minimum absolute atomic E-state index is 0.228. The first kappa shape index (κ1) is 18.5. The molecule has 0 aliphatic carbocycles. The Balaban J connectivity index is 1.90. The van der Waals surface area contributed by atoms with Crippen molar-refractivity contribution in [2.45, 2.75) is 12.8 Å². The molecule has 8 heteroatoms. The Morgan fingerprint density at radius 2 is 1.96 bits per heavy atom. The predicted molar refractivity (Wildman–Crippen MR) is 102 cm³/mol. The molecule has 0 saturated carbocycles. The van der Waals surface area contributed by atoms with Crippen LogP contribution in [0.2, 0.25) is 0 Å². The monoisotopic (exact) mass is 361 g/mol. The number of nitrogen functional groups attached to an aromatic ring is 1. The van der Waals surface area contributed by atoms with Crippen molar-refractivity contribution >= 4 is 22.7 Å². The quantitative estimate of drug-likeness (QED) is 0.790. The topological polar surface area (TPSA) is 97.0 Å². The highest BCUT2D eigenvalue weighted by molar-refractivity contribution is 5.95. The van der Waals surface area contributed by atoms with Crippen LogP contribution < -0.4 is 20.1 Å². The van der Waals surface area contributed by atoms with E-state index in [1.807, 2.05) is 12.1 Å². The van der Waals surface area contributed by atoms with Crippen molar-refractivity contribution in [3.63, 3.8) is 0 Å². The molecule has 2 heterocycles. The lowest BCUT2D eigenvalue weighted by molar-refractivity contribution is 0.232. The Morgan fingerprint density at radius 1 is 1.12 bits per heavy atom. The summed E-state index contributed by atoms with van der Waals surface area (Å²) in [5.41, 5.74) is 6.86. The summed E-state index contributed by atoms with van der Waals surface area (Å²) in [4.78, 5) is 13.8. The maximum atomic E-state index is 9.03. The summed E-state index contributed by atoms with van der Waals surface area (Å²) in [5, 5.41) is 9.78. The van der Waals surface area contributed by atoms with Crippen LogP contribution in [0.15, 0.2) is 12.1 Å². The number of ether oxygens (including phenoxy) is 2. The number of anilines is 2. The standard InChI is InChI=1S/C18H27N5O3/c1-25-14-6-5-13-15(16(14)26-2)20-18(21-17(13)19)23-9-3-7-22(10-11-23)8-4-12-24/h5-6,24H,3-4,7-12H2,1-2H3,(H2,19,20,21). The number of methoxy groups -OCH3 is 2. The average Bonchev–Trinajstić information content (AvgIpc) is 2.90. The molecule has 1 aromatic heterocycles. The van der Waals surface area contributed by atoms with Crippen LogP contribution in [-0.2, 0) is 0 Å². The van der Waals surface area contributed by atoms with Crippen LogP contribution >= 0.6 is 0 Å². The van der Waals surface area contributed by atoms with Crippen molar-refractivity contribution in [3.8, 4) is 11.5 Å². The maximum absolute atomic E-state index is 9.03. The maximum Gasteiger partial charge on any atom is 0.228 e. The molecule has 0 unspecified atom stereocenters. The predicted octanol–water partition coefficient (Wildman–Crippen LogP) is 1.12. The summed E-state index contributed by atoms with van der Waals surface area (Å²) in [6.45, 7) is 4.75. The number of hydrogen-bond donors (Lipinski definition) is 2. The Labute approximate surface area is 153 Å². The Bertz CT molecular complexity index is 755. The first-order chi connectivity index (χ1) is 12.7. The highest BCUT2D eigenvalue weighted by Crippen LogP contribution is 2.36. The second kappa shape index (κ2) is 8.37. The van der Waals surface area contributed by atoms with Gasteiger partial charge in [0, 0.05) is 38.2 Å². The van der Waals surface area contributed by atoms with Crippen molar-refractivity contribution in [1.29, 1.82) is 0 Å².